The van der Waals surface area contributed by atoms with E-state index in [2.05, 4.69) is 15.9 Å². The Bertz CT molecular complexity index is 405. The average Bonchev–Trinajstić information content (AvgIpc) is 2.40. The molecule has 0 bridgehead atoms. The number of ether oxygens (including phenoxy) is 1. The highest BCUT2D eigenvalue weighted by Crippen LogP contribution is 2.18. The third kappa shape index (κ3) is 3.99. The van der Waals surface area contributed by atoms with Crippen molar-refractivity contribution in [3.63, 3.8) is 0 Å². The zero-order valence-electron chi connectivity index (χ0n) is 10.1. The van der Waals surface area contributed by atoms with E-state index in [4.69, 9.17) is 9.57 Å². The molecule has 5 heteroatoms. The van der Waals surface area contributed by atoms with Crippen LogP contribution in [-0.2, 0) is 9.63 Å². The van der Waals surface area contributed by atoms with Gasteiger partial charge in [0, 0.05) is 11.0 Å². The monoisotopic (exact) mass is 313 g/mol. The van der Waals surface area contributed by atoms with E-state index < -0.39 is 0 Å². The standard InChI is InChI=1S/C13H16BrNO3/c14-11-4-3-5-12(10-11)17-9-6-13(16)15-7-1-2-8-18-15/h3-5,10H,1-2,6-9H2. The summed E-state index contributed by atoms with van der Waals surface area (Å²) in [5.41, 5.74) is 0. The minimum Gasteiger partial charge on any atom is -0.493 e. The molecule has 0 N–H and O–H groups in total. The van der Waals surface area contributed by atoms with E-state index in [1.165, 1.54) is 5.06 Å². The van der Waals surface area contributed by atoms with Gasteiger partial charge < -0.3 is 4.74 Å². The molecule has 0 unspecified atom stereocenters. The lowest BCUT2D eigenvalue weighted by Crippen LogP contribution is -2.36. The number of amides is 1. The molecule has 0 aliphatic carbocycles. The van der Waals surface area contributed by atoms with E-state index in [0.717, 1.165) is 23.1 Å². The molecule has 0 aromatic heterocycles. The van der Waals surface area contributed by atoms with Crippen molar-refractivity contribution in [2.75, 3.05) is 19.8 Å². The number of hydrogen-bond donors (Lipinski definition) is 0. The summed E-state index contributed by atoms with van der Waals surface area (Å²) in [6.45, 7) is 1.70. The van der Waals surface area contributed by atoms with Crippen LogP contribution in [0.15, 0.2) is 28.7 Å². The molecule has 0 spiro atoms. The molecule has 98 valence electrons. The van der Waals surface area contributed by atoms with Crippen LogP contribution >= 0.6 is 15.9 Å². The molecule has 4 nitrogen and oxygen atoms in total. The first-order valence-electron chi connectivity index (χ1n) is 6.07. The van der Waals surface area contributed by atoms with E-state index >= 15 is 0 Å². The van der Waals surface area contributed by atoms with Crippen molar-refractivity contribution in [2.24, 2.45) is 0 Å². The molecule has 1 aliphatic rings. The van der Waals surface area contributed by atoms with E-state index in [9.17, 15) is 4.79 Å². The van der Waals surface area contributed by atoms with Crippen LogP contribution in [0.5, 0.6) is 5.75 Å². The predicted molar refractivity (Wildman–Crippen MR) is 71.2 cm³/mol. The Morgan fingerprint density at radius 1 is 1.44 bits per heavy atom. The summed E-state index contributed by atoms with van der Waals surface area (Å²) in [6.07, 6.45) is 2.38. The minimum atomic E-state index is -0.00954. The van der Waals surface area contributed by atoms with Crippen LogP contribution < -0.4 is 4.74 Å². The first kappa shape index (κ1) is 13.4. The van der Waals surface area contributed by atoms with Crippen LogP contribution in [0.2, 0.25) is 0 Å². The predicted octanol–water partition coefficient (Wildman–Crippen LogP) is 2.77. The number of halogens is 1. The van der Waals surface area contributed by atoms with Crippen molar-refractivity contribution in [2.45, 2.75) is 19.3 Å². The summed E-state index contributed by atoms with van der Waals surface area (Å²) in [7, 11) is 0. The lowest BCUT2D eigenvalue weighted by molar-refractivity contribution is -0.197. The minimum absolute atomic E-state index is 0.00954. The van der Waals surface area contributed by atoms with Crippen molar-refractivity contribution in [1.29, 1.82) is 0 Å². The summed E-state index contributed by atoms with van der Waals surface area (Å²) < 4.78 is 6.48. The van der Waals surface area contributed by atoms with Crippen LogP contribution in [0.4, 0.5) is 0 Å². The van der Waals surface area contributed by atoms with Gasteiger partial charge in [-0.2, -0.15) is 0 Å². The maximum absolute atomic E-state index is 11.8. The highest BCUT2D eigenvalue weighted by Gasteiger charge is 2.17. The third-order valence-electron chi connectivity index (χ3n) is 2.66. The summed E-state index contributed by atoms with van der Waals surface area (Å²) in [4.78, 5) is 17.0. The number of carbonyl (C=O) groups is 1. The van der Waals surface area contributed by atoms with Gasteiger partial charge in [0.1, 0.15) is 5.75 Å². The molecule has 0 saturated carbocycles. The molecule has 1 heterocycles. The number of nitrogens with zero attached hydrogens (tertiary/aromatic N) is 1. The number of benzene rings is 1. The van der Waals surface area contributed by atoms with Crippen LogP contribution in [0.1, 0.15) is 19.3 Å². The first-order chi connectivity index (χ1) is 8.75. The Kier molecular flexibility index (Phi) is 5.01. The summed E-state index contributed by atoms with van der Waals surface area (Å²) >= 11 is 3.37. The van der Waals surface area contributed by atoms with E-state index in [1.54, 1.807) is 0 Å². The van der Waals surface area contributed by atoms with Gasteiger partial charge in [-0.15, -0.1) is 0 Å². The highest BCUT2D eigenvalue weighted by molar-refractivity contribution is 9.10. The molecular formula is C13H16BrNO3. The fourth-order valence-corrected chi connectivity index (χ4v) is 2.11. The summed E-state index contributed by atoms with van der Waals surface area (Å²) in [5.74, 6) is 0.751. The van der Waals surface area contributed by atoms with Crippen molar-refractivity contribution in [3.05, 3.63) is 28.7 Å². The van der Waals surface area contributed by atoms with Crippen LogP contribution in [0.3, 0.4) is 0 Å². The Hall–Kier alpha value is -1.07. The van der Waals surface area contributed by atoms with E-state index in [0.29, 0.717) is 26.2 Å². The van der Waals surface area contributed by atoms with Crippen molar-refractivity contribution in [3.8, 4) is 5.75 Å². The quantitative estimate of drug-likeness (QED) is 0.858. The van der Waals surface area contributed by atoms with Crippen LogP contribution in [-0.4, -0.2) is 30.7 Å². The van der Waals surface area contributed by atoms with Gasteiger partial charge in [-0.3, -0.25) is 9.63 Å². The fourth-order valence-electron chi connectivity index (χ4n) is 1.73. The Balaban J connectivity index is 1.73. The van der Waals surface area contributed by atoms with Gasteiger partial charge in [0.25, 0.3) is 0 Å². The smallest absolute Gasteiger partial charge is 0.249 e. The molecule has 0 atom stereocenters. The lowest BCUT2D eigenvalue weighted by atomic mass is 10.3. The second-order valence-corrected chi connectivity index (χ2v) is 5.01. The van der Waals surface area contributed by atoms with E-state index in [1.807, 2.05) is 24.3 Å². The van der Waals surface area contributed by atoms with Gasteiger partial charge in [0.05, 0.1) is 19.6 Å². The van der Waals surface area contributed by atoms with Crippen molar-refractivity contribution < 1.29 is 14.4 Å². The van der Waals surface area contributed by atoms with Crippen molar-refractivity contribution in [1.82, 2.24) is 5.06 Å². The van der Waals surface area contributed by atoms with Gasteiger partial charge in [-0.25, -0.2) is 5.06 Å². The number of carbonyl (C=O) groups excluding carboxylic acids is 1. The van der Waals surface area contributed by atoms with Crippen LogP contribution in [0, 0.1) is 0 Å². The molecule has 1 saturated heterocycles. The zero-order chi connectivity index (χ0) is 12.8. The molecular weight excluding hydrogens is 298 g/mol. The first-order valence-corrected chi connectivity index (χ1v) is 6.86. The molecule has 18 heavy (non-hydrogen) atoms. The Labute approximate surface area is 115 Å². The van der Waals surface area contributed by atoms with Crippen LogP contribution in [0.25, 0.3) is 0 Å². The second kappa shape index (κ2) is 6.75. The van der Waals surface area contributed by atoms with Gasteiger partial charge in [-0.05, 0) is 31.0 Å². The van der Waals surface area contributed by atoms with Crippen molar-refractivity contribution >= 4 is 21.8 Å². The molecule has 1 fully saturated rings. The topological polar surface area (TPSA) is 38.8 Å². The lowest BCUT2D eigenvalue weighted by Gasteiger charge is -2.25. The molecule has 0 radical (unpaired) electrons. The van der Waals surface area contributed by atoms with Gasteiger partial charge in [0.2, 0.25) is 5.91 Å². The largest absolute Gasteiger partial charge is 0.493 e. The highest BCUT2D eigenvalue weighted by atomic mass is 79.9. The summed E-state index contributed by atoms with van der Waals surface area (Å²) in [5, 5.41) is 1.45. The van der Waals surface area contributed by atoms with Gasteiger partial charge in [0.15, 0.2) is 0 Å². The van der Waals surface area contributed by atoms with E-state index in [-0.39, 0.29) is 5.91 Å². The molecule has 1 aromatic carbocycles. The maximum atomic E-state index is 11.8. The zero-order valence-corrected chi connectivity index (χ0v) is 11.7. The van der Waals surface area contributed by atoms with Gasteiger partial charge >= 0.3 is 0 Å². The number of hydroxylamine groups is 2. The Morgan fingerprint density at radius 2 is 2.33 bits per heavy atom. The Morgan fingerprint density at radius 3 is 3.06 bits per heavy atom. The second-order valence-electron chi connectivity index (χ2n) is 4.09. The molecule has 1 aromatic rings. The van der Waals surface area contributed by atoms with Gasteiger partial charge in [-0.1, -0.05) is 22.0 Å². The third-order valence-corrected chi connectivity index (χ3v) is 3.15. The fraction of sp³-hybridized carbons (Fsp3) is 0.462. The SMILES string of the molecule is O=C(CCOc1cccc(Br)c1)N1CCCCO1. The summed E-state index contributed by atoms with van der Waals surface area (Å²) in [6, 6.07) is 7.57. The molecule has 1 amide bonds. The average molecular weight is 314 g/mol. The molecule has 1 aliphatic heterocycles. The number of hydrogen-bond acceptors (Lipinski definition) is 3. The molecule has 2 rings (SSSR count). The number of rotatable bonds is 4. The normalized spacial score (nSPS) is 15.5. The maximum Gasteiger partial charge on any atom is 0.249 e.